The third kappa shape index (κ3) is 2.89. The highest BCUT2D eigenvalue weighted by atomic mass is 79.9. The monoisotopic (exact) mass is 324 g/mol. The molecule has 0 radical (unpaired) electrons. The maximum absolute atomic E-state index is 12.2. The molecule has 1 amide bonds. The van der Waals surface area contributed by atoms with Crippen LogP contribution < -0.4 is 4.90 Å². The van der Waals surface area contributed by atoms with Crippen molar-refractivity contribution in [3.63, 3.8) is 0 Å². The number of carbonyl (C=O) groups is 1. The zero-order chi connectivity index (χ0) is 13.1. The minimum Gasteiger partial charge on any atom is -0.296 e. The molecule has 1 aromatic carbocycles. The van der Waals surface area contributed by atoms with Crippen LogP contribution in [0.15, 0.2) is 47.1 Å². The standard InChI is InChI=1S/C13H10BrClN2O/c1-17(12-8-10(14)5-6-16-12)13(18)9-3-2-4-11(15)7-9/h2-8H,1H3. The van der Waals surface area contributed by atoms with Crippen LogP contribution in [-0.2, 0) is 0 Å². The van der Waals surface area contributed by atoms with E-state index >= 15 is 0 Å². The van der Waals surface area contributed by atoms with Crippen LogP contribution in [0.3, 0.4) is 0 Å². The van der Waals surface area contributed by atoms with Gasteiger partial charge in [0.1, 0.15) is 5.82 Å². The van der Waals surface area contributed by atoms with Gasteiger partial charge in [-0.3, -0.25) is 9.69 Å². The van der Waals surface area contributed by atoms with Crippen molar-refractivity contribution in [2.45, 2.75) is 0 Å². The van der Waals surface area contributed by atoms with E-state index in [0.29, 0.717) is 16.4 Å². The summed E-state index contributed by atoms with van der Waals surface area (Å²) in [6.07, 6.45) is 1.64. The normalized spacial score (nSPS) is 10.2. The molecule has 0 spiro atoms. The lowest BCUT2D eigenvalue weighted by atomic mass is 10.2. The van der Waals surface area contributed by atoms with E-state index in [2.05, 4.69) is 20.9 Å². The first-order valence-electron chi connectivity index (χ1n) is 5.23. The number of aromatic nitrogens is 1. The molecule has 5 heteroatoms. The molecule has 0 aliphatic heterocycles. The Morgan fingerprint density at radius 1 is 1.33 bits per heavy atom. The van der Waals surface area contributed by atoms with Gasteiger partial charge >= 0.3 is 0 Å². The molecule has 0 N–H and O–H groups in total. The second-order valence-corrected chi connectivity index (χ2v) is 5.06. The van der Waals surface area contributed by atoms with Crippen molar-refractivity contribution < 1.29 is 4.79 Å². The summed E-state index contributed by atoms with van der Waals surface area (Å²) in [5, 5.41) is 0.538. The van der Waals surface area contributed by atoms with Crippen LogP contribution in [0.25, 0.3) is 0 Å². The van der Waals surface area contributed by atoms with E-state index in [9.17, 15) is 4.79 Å². The highest BCUT2D eigenvalue weighted by Gasteiger charge is 2.14. The Balaban J connectivity index is 2.29. The fraction of sp³-hybridized carbons (Fsp3) is 0.0769. The molecule has 0 fully saturated rings. The molecule has 3 nitrogen and oxygen atoms in total. The molecule has 0 saturated carbocycles. The lowest BCUT2D eigenvalue weighted by molar-refractivity contribution is 0.0992. The summed E-state index contributed by atoms with van der Waals surface area (Å²) >= 11 is 9.22. The van der Waals surface area contributed by atoms with Crippen LogP contribution in [-0.4, -0.2) is 17.9 Å². The summed E-state index contributed by atoms with van der Waals surface area (Å²) in [6, 6.07) is 10.4. The Morgan fingerprint density at radius 2 is 2.11 bits per heavy atom. The van der Waals surface area contributed by atoms with Crippen molar-refractivity contribution in [2.24, 2.45) is 0 Å². The van der Waals surface area contributed by atoms with E-state index in [4.69, 9.17) is 11.6 Å². The molecule has 0 aliphatic carbocycles. The first-order valence-corrected chi connectivity index (χ1v) is 6.40. The van der Waals surface area contributed by atoms with Gasteiger partial charge < -0.3 is 0 Å². The number of benzene rings is 1. The summed E-state index contributed by atoms with van der Waals surface area (Å²) < 4.78 is 0.873. The number of amides is 1. The third-order valence-corrected chi connectivity index (χ3v) is 3.16. The molecule has 0 aliphatic rings. The molecule has 18 heavy (non-hydrogen) atoms. The van der Waals surface area contributed by atoms with Crippen LogP contribution in [0.5, 0.6) is 0 Å². The minimum absolute atomic E-state index is 0.150. The van der Waals surface area contributed by atoms with E-state index in [-0.39, 0.29) is 5.91 Å². The second kappa shape index (κ2) is 5.50. The predicted octanol–water partition coefficient (Wildman–Crippen LogP) is 3.77. The summed E-state index contributed by atoms with van der Waals surface area (Å²) in [6.45, 7) is 0. The van der Waals surface area contributed by atoms with E-state index in [1.165, 1.54) is 4.90 Å². The maximum Gasteiger partial charge on any atom is 0.259 e. The van der Waals surface area contributed by atoms with Gasteiger partial charge in [0.25, 0.3) is 5.91 Å². The second-order valence-electron chi connectivity index (χ2n) is 3.71. The molecule has 1 heterocycles. The molecular formula is C13H10BrClN2O. The molecular weight excluding hydrogens is 316 g/mol. The topological polar surface area (TPSA) is 33.2 Å². The Hall–Kier alpha value is -1.39. The quantitative estimate of drug-likeness (QED) is 0.842. The predicted molar refractivity (Wildman–Crippen MR) is 76.1 cm³/mol. The lowest BCUT2D eigenvalue weighted by Crippen LogP contribution is -2.26. The van der Waals surface area contributed by atoms with Gasteiger partial charge in [0.15, 0.2) is 0 Å². The third-order valence-electron chi connectivity index (χ3n) is 2.43. The molecule has 0 unspecified atom stereocenters. The van der Waals surface area contributed by atoms with Crippen LogP contribution in [0, 0.1) is 0 Å². The number of pyridine rings is 1. The molecule has 0 bridgehead atoms. The largest absolute Gasteiger partial charge is 0.296 e. The number of anilines is 1. The molecule has 2 aromatic rings. The number of rotatable bonds is 2. The summed E-state index contributed by atoms with van der Waals surface area (Å²) in [5.74, 6) is 0.428. The molecule has 0 atom stereocenters. The Bertz CT molecular complexity index is 589. The minimum atomic E-state index is -0.150. The van der Waals surface area contributed by atoms with Gasteiger partial charge in [0, 0.05) is 28.3 Å². The van der Waals surface area contributed by atoms with Crippen molar-refractivity contribution in [3.8, 4) is 0 Å². The van der Waals surface area contributed by atoms with Gasteiger partial charge in [-0.25, -0.2) is 4.98 Å². The van der Waals surface area contributed by atoms with Crippen LogP contribution >= 0.6 is 27.5 Å². The first-order chi connectivity index (χ1) is 8.58. The Labute approximate surface area is 119 Å². The van der Waals surface area contributed by atoms with Gasteiger partial charge in [-0.05, 0) is 30.3 Å². The first kappa shape index (κ1) is 13.1. The summed E-state index contributed by atoms with van der Waals surface area (Å²) in [5.41, 5.74) is 0.534. The SMILES string of the molecule is CN(C(=O)c1cccc(Cl)c1)c1cc(Br)ccn1. The smallest absolute Gasteiger partial charge is 0.259 e. The number of hydrogen-bond acceptors (Lipinski definition) is 2. The van der Waals surface area contributed by atoms with Crippen molar-refractivity contribution in [2.75, 3.05) is 11.9 Å². The fourth-order valence-corrected chi connectivity index (χ4v) is 2.01. The zero-order valence-electron chi connectivity index (χ0n) is 9.60. The van der Waals surface area contributed by atoms with Crippen LogP contribution in [0.4, 0.5) is 5.82 Å². The Morgan fingerprint density at radius 3 is 2.78 bits per heavy atom. The van der Waals surface area contributed by atoms with Crippen LogP contribution in [0.1, 0.15) is 10.4 Å². The van der Waals surface area contributed by atoms with Crippen LogP contribution in [0.2, 0.25) is 5.02 Å². The highest BCUT2D eigenvalue weighted by Crippen LogP contribution is 2.19. The van der Waals surface area contributed by atoms with E-state index < -0.39 is 0 Å². The van der Waals surface area contributed by atoms with Crippen molar-refractivity contribution in [1.82, 2.24) is 4.98 Å². The molecule has 92 valence electrons. The lowest BCUT2D eigenvalue weighted by Gasteiger charge is -2.16. The highest BCUT2D eigenvalue weighted by molar-refractivity contribution is 9.10. The summed E-state index contributed by atoms with van der Waals surface area (Å²) in [7, 11) is 1.68. The van der Waals surface area contributed by atoms with Gasteiger partial charge in [0.2, 0.25) is 0 Å². The van der Waals surface area contributed by atoms with Crippen molar-refractivity contribution >= 4 is 39.3 Å². The van der Waals surface area contributed by atoms with Gasteiger partial charge in [-0.15, -0.1) is 0 Å². The average molecular weight is 326 g/mol. The number of hydrogen-bond donors (Lipinski definition) is 0. The van der Waals surface area contributed by atoms with E-state index in [1.54, 1.807) is 49.6 Å². The van der Waals surface area contributed by atoms with Gasteiger partial charge in [-0.1, -0.05) is 33.6 Å². The molecule has 1 aromatic heterocycles. The van der Waals surface area contributed by atoms with E-state index in [0.717, 1.165) is 4.47 Å². The fourth-order valence-electron chi connectivity index (χ4n) is 1.50. The molecule has 2 rings (SSSR count). The Kier molecular flexibility index (Phi) is 3.99. The van der Waals surface area contributed by atoms with Crippen molar-refractivity contribution in [1.29, 1.82) is 0 Å². The zero-order valence-corrected chi connectivity index (χ0v) is 11.9. The number of carbonyl (C=O) groups excluding carboxylic acids is 1. The number of nitrogens with zero attached hydrogens (tertiary/aromatic N) is 2. The number of halogens is 2. The van der Waals surface area contributed by atoms with E-state index in [1.807, 2.05) is 0 Å². The van der Waals surface area contributed by atoms with Gasteiger partial charge in [-0.2, -0.15) is 0 Å². The summed E-state index contributed by atoms with van der Waals surface area (Å²) in [4.78, 5) is 17.9. The van der Waals surface area contributed by atoms with Gasteiger partial charge in [0.05, 0.1) is 0 Å². The van der Waals surface area contributed by atoms with Crippen molar-refractivity contribution in [3.05, 3.63) is 57.7 Å². The molecule has 0 saturated heterocycles. The average Bonchev–Trinajstić information content (AvgIpc) is 2.37. The maximum atomic E-state index is 12.2.